The number of rotatable bonds is 7. The summed E-state index contributed by atoms with van der Waals surface area (Å²) in [5.41, 5.74) is 1.95. The molecule has 0 aromatic heterocycles. The van der Waals surface area contributed by atoms with Crippen molar-refractivity contribution in [3.63, 3.8) is 0 Å². The molecule has 0 N–H and O–H groups in total. The van der Waals surface area contributed by atoms with Gasteiger partial charge in [0.2, 0.25) is 5.23 Å². The van der Waals surface area contributed by atoms with Crippen LogP contribution in [0.4, 0.5) is 0 Å². The number of hydrogen-bond acceptors (Lipinski definition) is 4. The highest BCUT2D eigenvalue weighted by molar-refractivity contribution is 8.13. The van der Waals surface area contributed by atoms with Crippen LogP contribution < -0.4 is 0 Å². The topological polar surface area (TPSA) is 30.8 Å². The second-order valence-corrected chi connectivity index (χ2v) is 5.15. The maximum Gasteiger partial charge on any atom is 0.246 e. The van der Waals surface area contributed by atoms with Crippen LogP contribution in [0.1, 0.15) is 13.8 Å². The molecular formula is C15H21NO2S. The van der Waals surface area contributed by atoms with Gasteiger partial charge in [0.15, 0.2) is 0 Å². The molecule has 0 aromatic rings. The SMILES string of the molecule is C=C/C(C)=C\C(=C/C)OCC(=C)COC1=NCCS1. The van der Waals surface area contributed by atoms with Crippen LogP contribution in [0.25, 0.3) is 0 Å². The highest BCUT2D eigenvalue weighted by Gasteiger charge is 2.08. The van der Waals surface area contributed by atoms with Crippen molar-refractivity contribution in [3.05, 3.63) is 48.3 Å². The van der Waals surface area contributed by atoms with Crippen molar-refractivity contribution in [1.82, 2.24) is 0 Å². The fraction of sp³-hybridized carbons (Fsp3) is 0.400. The van der Waals surface area contributed by atoms with Gasteiger partial charge in [-0.25, -0.2) is 4.99 Å². The molecule has 0 aromatic carbocycles. The summed E-state index contributed by atoms with van der Waals surface area (Å²) in [6.45, 7) is 13.3. The molecule has 0 bridgehead atoms. The van der Waals surface area contributed by atoms with Gasteiger partial charge in [0.05, 0.1) is 6.54 Å². The molecule has 1 aliphatic rings. The molecule has 3 nitrogen and oxygen atoms in total. The molecule has 0 fully saturated rings. The van der Waals surface area contributed by atoms with E-state index in [0.29, 0.717) is 13.2 Å². The molecule has 4 heteroatoms. The van der Waals surface area contributed by atoms with Crippen LogP contribution in [-0.2, 0) is 9.47 Å². The maximum absolute atomic E-state index is 5.65. The van der Waals surface area contributed by atoms with Gasteiger partial charge in [0.1, 0.15) is 19.0 Å². The van der Waals surface area contributed by atoms with E-state index in [1.807, 2.05) is 26.0 Å². The number of nitrogens with zero attached hydrogens (tertiary/aromatic N) is 1. The van der Waals surface area contributed by atoms with Crippen LogP contribution in [0.15, 0.2) is 53.3 Å². The van der Waals surface area contributed by atoms with Crippen molar-refractivity contribution in [2.45, 2.75) is 13.8 Å². The van der Waals surface area contributed by atoms with Crippen molar-refractivity contribution in [1.29, 1.82) is 0 Å². The van der Waals surface area contributed by atoms with Crippen LogP contribution in [-0.4, -0.2) is 30.7 Å². The summed E-state index contributed by atoms with van der Waals surface area (Å²) < 4.78 is 11.2. The normalized spacial score (nSPS) is 16.0. The van der Waals surface area contributed by atoms with E-state index in [9.17, 15) is 0 Å². The molecule has 0 amide bonds. The van der Waals surface area contributed by atoms with E-state index < -0.39 is 0 Å². The smallest absolute Gasteiger partial charge is 0.246 e. The molecule has 0 atom stereocenters. The van der Waals surface area contributed by atoms with E-state index in [-0.39, 0.29) is 0 Å². The van der Waals surface area contributed by atoms with Gasteiger partial charge in [-0.05, 0) is 37.1 Å². The predicted molar refractivity (Wildman–Crippen MR) is 83.5 cm³/mol. The quantitative estimate of drug-likeness (QED) is 0.404. The van der Waals surface area contributed by atoms with Gasteiger partial charge in [-0.15, -0.1) is 0 Å². The average molecular weight is 279 g/mol. The van der Waals surface area contributed by atoms with E-state index in [0.717, 1.165) is 34.4 Å². The summed E-state index contributed by atoms with van der Waals surface area (Å²) in [6, 6.07) is 0. The third-order valence-corrected chi connectivity index (χ3v) is 3.26. The zero-order valence-corrected chi connectivity index (χ0v) is 12.5. The van der Waals surface area contributed by atoms with Crippen molar-refractivity contribution in [2.75, 3.05) is 25.5 Å². The van der Waals surface area contributed by atoms with Crippen LogP contribution in [0, 0.1) is 0 Å². The van der Waals surface area contributed by atoms with Crippen molar-refractivity contribution in [3.8, 4) is 0 Å². The summed E-state index contributed by atoms with van der Waals surface area (Å²) in [6.07, 6.45) is 5.65. The molecular weight excluding hydrogens is 258 g/mol. The Kier molecular flexibility index (Phi) is 7.11. The first-order chi connectivity index (χ1) is 9.15. The second-order valence-electron chi connectivity index (χ2n) is 4.11. The molecule has 0 radical (unpaired) electrons. The molecule has 1 aliphatic heterocycles. The van der Waals surface area contributed by atoms with Crippen molar-refractivity contribution >= 4 is 17.0 Å². The lowest BCUT2D eigenvalue weighted by molar-refractivity contribution is 0.233. The Morgan fingerprint density at radius 3 is 2.84 bits per heavy atom. The third-order valence-electron chi connectivity index (χ3n) is 2.38. The Labute approximate surface area is 119 Å². The lowest BCUT2D eigenvalue weighted by atomic mass is 10.2. The molecule has 1 rings (SSSR count). The minimum atomic E-state index is 0.443. The molecule has 0 aliphatic carbocycles. The second kappa shape index (κ2) is 8.64. The lowest BCUT2D eigenvalue weighted by Gasteiger charge is -2.10. The van der Waals surface area contributed by atoms with Gasteiger partial charge in [-0.2, -0.15) is 0 Å². The standard InChI is InChI=1S/C15H21NO2S/c1-5-12(3)9-14(6-2)17-10-13(4)11-18-15-16-7-8-19-15/h5-6,9H,1,4,7-8,10-11H2,2-3H3/b12-9-,14-6+. The Morgan fingerprint density at radius 2 is 2.26 bits per heavy atom. The van der Waals surface area contributed by atoms with Gasteiger partial charge in [0, 0.05) is 5.75 Å². The minimum absolute atomic E-state index is 0.443. The Morgan fingerprint density at radius 1 is 1.47 bits per heavy atom. The fourth-order valence-electron chi connectivity index (χ4n) is 1.29. The van der Waals surface area contributed by atoms with Gasteiger partial charge in [-0.1, -0.05) is 31.0 Å². The maximum atomic E-state index is 5.65. The molecule has 0 saturated carbocycles. The third kappa shape index (κ3) is 6.34. The van der Waals surface area contributed by atoms with E-state index in [4.69, 9.17) is 9.47 Å². The fourth-order valence-corrected chi connectivity index (χ4v) is 1.97. The van der Waals surface area contributed by atoms with E-state index in [2.05, 4.69) is 18.2 Å². The summed E-state index contributed by atoms with van der Waals surface area (Å²) in [7, 11) is 0. The van der Waals surface area contributed by atoms with Crippen LogP contribution in [0.3, 0.4) is 0 Å². The van der Waals surface area contributed by atoms with Crippen LogP contribution >= 0.6 is 11.8 Å². The highest BCUT2D eigenvalue weighted by atomic mass is 32.2. The first kappa shape index (κ1) is 15.6. The molecule has 19 heavy (non-hydrogen) atoms. The lowest BCUT2D eigenvalue weighted by Crippen LogP contribution is -2.06. The number of thioether (sulfide) groups is 1. The molecule has 1 heterocycles. The van der Waals surface area contributed by atoms with Crippen molar-refractivity contribution in [2.24, 2.45) is 4.99 Å². The summed E-state index contributed by atoms with van der Waals surface area (Å²) in [5, 5.41) is 0.759. The first-order valence-electron chi connectivity index (χ1n) is 6.22. The summed E-state index contributed by atoms with van der Waals surface area (Å²) >= 11 is 1.64. The van der Waals surface area contributed by atoms with Crippen LogP contribution in [0.5, 0.6) is 0 Å². The number of allylic oxidation sites excluding steroid dienone is 4. The Bertz CT molecular complexity index is 422. The minimum Gasteiger partial charge on any atom is -0.489 e. The zero-order valence-electron chi connectivity index (χ0n) is 11.6. The molecule has 0 spiro atoms. The molecule has 104 valence electrons. The Balaban J connectivity index is 2.30. The number of hydrogen-bond donors (Lipinski definition) is 0. The van der Waals surface area contributed by atoms with Gasteiger partial charge >= 0.3 is 0 Å². The van der Waals surface area contributed by atoms with Crippen molar-refractivity contribution < 1.29 is 9.47 Å². The zero-order chi connectivity index (χ0) is 14.1. The largest absolute Gasteiger partial charge is 0.489 e. The molecule has 0 saturated heterocycles. The average Bonchev–Trinajstić information content (AvgIpc) is 2.93. The van der Waals surface area contributed by atoms with Crippen LogP contribution in [0.2, 0.25) is 0 Å². The van der Waals surface area contributed by atoms with E-state index >= 15 is 0 Å². The Hall–Kier alpha value is -1.42. The van der Waals surface area contributed by atoms with E-state index in [1.54, 1.807) is 17.8 Å². The van der Waals surface area contributed by atoms with Gasteiger partial charge in [-0.3, -0.25) is 0 Å². The monoisotopic (exact) mass is 279 g/mol. The number of ether oxygens (including phenoxy) is 2. The van der Waals surface area contributed by atoms with Gasteiger partial charge < -0.3 is 9.47 Å². The number of aliphatic imine (C=N–C) groups is 1. The van der Waals surface area contributed by atoms with E-state index in [1.165, 1.54) is 0 Å². The summed E-state index contributed by atoms with van der Waals surface area (Å²) in [5.74, 6) is 1.82. The first-order valence-corrected chi connectivity index (χ1v) is 7.20. The highest BCUT2D eigenvalue weighted by Crippen LogP contribution is 2.13. The predicted octanol–water partition coefficient (Wildman–Crippen LogP) is 3.71. The van der Waals surface area contributed by atoms with Gasteiger partial charge in [0.25, 0.3) is 0 Å². The molecule has 0 unspecified atom stereocenters. The summed E-state index contributed by atoms with van der Waals surface area (Å²) in [4.78, 5) is 4.21.